The zero-order valence-corrected chi connectivity index (χ0v) is 16.6. The molecule has 2 aromatic heterocycles. The van der Waals surface area contributed by atoms with Crippen LogP contribution in [-0.2, 0) is 13.0 Å². The van der Waals surface area contributed by atoms with Gasteiger partial charge in [-0.2, -0.15) is 0 Å². The molecule has 1 N–H and O–H groups in total. The van der Waals surface area contributed by atoms with Gasteiger partial charge in [-0.3, -0.25) is 9.69 Å². The van der Waals surface area contributed by atoms with Crippen molar-refractivity contribution >= 4 is 33.8 Å². The summed E-state index contributed by atoms with van der Waals surface area (Å²) in [5, 5.41) is 3.23. The van der Waals surface area contributed by atoms with Crippen LogP contribution in [0.25, 0.3) is 10.9 Å². The largest absolute Gasteiger partial charge is 0.309 e. The van der Waals surface area contributed by atoms with Crippen LogP contribution in [0.3, 0.4) is 0 Å². The quantitative estimate of drug-likeness (QED) is 0.531. The van der Waals surface area contributed by atoms with E-state index in [9.17, 15) is 4.79 Å². The van der Waals surface area contributed by atoms with Gasteiger partial charge in [0.25, 0.3) is 5.56 Å². The van der Waals surface area contributed by atoms with Crippen molar-refractivity contribution in [2.45, 2.75) is 19.0 Å². The van der Waals surface area contributed by atoms with E-state index < -0.39 is 0 Å². The highest BCUT2D eigenvalue weighted by atomic mass is 35.5. The normalized spacial score (nSPS) is 17.0. The first-order valence-corrected chi connectivity index (χ1v) is 10.5. The van der Waals surface area contributed by atoms with E-state index >= 15 is 0 Å². The van der Waals surface area contributed by atoms with Crippen LogP contribution in [0.4, 0.5) is 0 Å². The Kier molecular flexibility index (Phi) is 4.51. The summed E-state index contributed by atoms with van der Waals surface area (Å²) in [5.41, 5.74) is 3.15. The van der Waals surface area contributed by atoms with Crippen LogP contribution >= 0.6 is 22.9 Å². The van der Waals surface area contributed by atoms with E-state index in [-0.39, 0.29) is 11.6 Å². The van der Waals surface area contributed by atoms with Crippen LogP contribution in [0.2, 0.25) is 5.02 Å². The summed E-state index contributed by atoms with van der Waals surface area (Å²) in [6.45, 7) is 1.51. The number of nitrogens with zero attached hydrogens (tertiary/aromatic N) is 2. The number of aromatic nitrogens is 2. The van der Waals surface area contributed by atoms with Gasteiger partial charge in [-0.05, 0) is 47.2 Å². The molecule has 0 radical (unpaired) electrons. The smallest absolute Gasteiger partial charge is 0.258 e. The molecule has 2 aromatic carbocycles. The zero-order chi connectivity index (χ0) is 19.1. The van der Waals surface area contributed by atoms with Crippen molar-refractivity contribution in [1.82, 2.24) is 14.9 Å². The molecule has 6 heteroatoms. The fourth-order valence-electron chi connectivity index (χ4n) is 3.99. The molecular formula is C22H18ClN3OS. The molecule has 0 saturated heterocycles. The molecule has 0 amide bonds. The Labute approximate surface area is 171 Å². The predicted octanol–water partition coefficient (Wildman–Crippen LogP) is 4.79. The van der Waals surface area contributed by atoms with Gasteiger partial charge in [0.05, 0.1) is 23.5 Å². The van der Waals surface area contributed by atoms with E-state index in [0.717, 1.165) is 13.0 Å². The van der Waals surface area contributed by atoms with Gasteiger partial charge < -0.3 is 4.98 Å². The van der Waals surface area contributed by atoms with Crippen molar-refractivity contribution in [2.75, 3.05) is 6.54 Å². The van der Waals surface area contributed by atoms with Gasteiger partial charge in [0, 0.05) is 16.4 Å². The van der Waals surface area contributed by atoms with Crippen molar-refractivity contribution in [1.29, 1.82) is 0 Å². The Hall–Kier alpha value is -2.47. The molecule has 1 aliphatic heterocycles. The lowest BCUT2D eigenvalue weighted by atomic mass is 9.93. The highest BCUT2D eigenvalue weighted by Crippen LogP contribution is 2.38. The van der Waals surface area contributed by atoms with Crippen LogP contribution in [-0.4, -0.2) is 21.4 Å². The lowest BCUT2D eigenvalue weighted by molar-refractivity contribution is 0.201. The predicted molar refractivity (Wildman–Crippen MR) is 114 cm³/mol. The highest BCUT2D eigenvalue weighted by molar-refractivity contribution is 7.10. The summed E-state index contributed by atoms with van der Waals surface area (Å²) in [5.74, 6) is 0.680. The molecule has 4 nitrogen and oxygen atoms in total. The van der Waals surface area contributed by atoms with Crippen LogP contribution in [0.15, 0.2) is 64.8 Å². The maximum absolute atomic E-state index is 12.5. The van der Waals surface area contributed by atoms with Gasteiger partial charge in [-0.1, -0.05) is 41.9 Å². The van der Waals surface area contributed by atoms with Gasteiger partial charge in [0.1, 0.15) is 5.82 Å². The maximum Gasteiger partial charge on any atom is 0.258 e. The third-order valence-electron chi connectivity index (χ3n) is 5.25. The highest BCUT2D eigenvalue weighted by Gasteiger charge is 2.30. The van der Waals surface area contributed by atoms with Crippen LogP contribution in [0.5, 0.6) is 0 Å². The molecule has 0 spiro atoms. The molecule has 0 unspecified atom stereocenters. The van der Waals surface area contributed by atoms with E-state index in [1.807, 2.05) is 17.4 Å². The minimum Gasteiger partial charge on any atom is -0.309 e. The van der Waals surface area contributed by atoms with Crippen molar-refractivity contribution in [3.8, 4) is 0 Å². The minimum absolute atomic E-state index is 0.146. The van der Waals surface area contributed by atoms with Crippen molar-refractivity contribution < 1.29 is 0 Å². The summed E-state index contributed by atoms with van der Waals surface area (Å²) in [6, 6.07) is 18.2. The van der Waals surface area contributed by atoms with E-state index in [4.69, 9.17) is 11.6 Å². The SMILES string of the molecule is O=c1[nH]c(CN2CCc3sccc3[C@H]2c2ccccc2)nc2ccc(Cl)cc12. The van der Waals surface area contributed by atoms with Gasteiger partial charge in [-0.25, -0.2) is 4.98 Å². The summed E-state index contributed by atoms with van der Waals surface area (Å²) in [4.78, 5) is 24.0. The fourth-order valence-corrected chi connectivity index (χ4v) is 5.07. The number of H-pyrrole nitrogens is 1. The average Bonchev–Trinajstić information content (AvgIpc) is 3.18. The number of fused-ring (bicyclic) bond motifs is 2. The van der Waals surface area contributed by atoms with Crippen LogP contribution in [0.1, 0.15) is 27.9 Å². The molecule has 0 bridgehead atoms. The second kappa shape index (κ2) is 7.17. The van der Waals surface area contributed by atoms with E-state index in [1.165, 1.54) is 16.0 Å². The summed E-state index contributed by atoms with van der Waals surface area (Å²) in [7, 11) is 0. The number of nitrogens with one attached hydrogen (secondary N) is 1. The van der Waals surface area contributed by atoms with Crippen LogP contribution < -0.4 is 5.56 Å². The Morgan fingerprint density at radius 3 is 2.89 bits per heavy atom. The van der Waals surface area contributed by atoms with Crippen molar-refractivity contribution in [3.63, 3.8) is 0 Å². The molecule has 5 rings (SSSR count). The molecule has 1 aliphatic rings. The third-order valence-corrected chi connectivity index (χ3v) is 6.48. The molecule has 4 aromatic rings. The number of rotatable bonds is 3. The second-order valence-electron chi connectivity index (χ2n) is 7.01. The van der Waals surface area contributed by atoms with E-state index in [0.29, 0.717) is 28.3 Å². The van der Waals surface area contributed by atoms with Crippen molar-refractivity contribution in [2.24, 2.45) is 0 Å². The number of hydrogen-bond donors (Lipinski definition) is 1. The average molecular weight is 408 g/mol. The Balaban J connectivity index is 1.54. The number of benzene rings is 2. The summed E-state index contributed by atoms with van der Waals surface area (Å²) in [6.07, 6.45) is 1.02. The molecule has 0 aliphatic carbocycles. The molecule has 0 saturated carbocycles. The van der Waals surface area contributed by atoms with E-state index in [1.54, 1.807) is 18.2 Å². The zero-order valence-electron chi connectivity index (χ0n) is 15.1. The Morgan fingerprint density at radius 1 is 1.18 bits per heavy atom. The maximum atomic E-state index is 12.5. The van der Waals surface area contributed by atoms with Gasteiger partial charge in [-0.15, -0.1) is 11.3 Å². The topological polar surface area (TPSA) is 49.0 Å². The Bertz CT molecular complexity index is 1200. The minimum atomic E-state index is -0.146. The standard InChI is InChI=1S/C22H18ClN3OS/c23-15-6-7-18-17(12-15)22(27)25-20(24-18)13-26-10-8-19-16(9-11-28-19)21(26)14-4-2-1-3-5-14/h1-7,9,11-12,21H,8,10,13H2,(H,24,25,27)/t21-/m1/s1. The molecular weight excluding hydrogens is 390 g/mol. The summed E-state index contributed by atoms with van der Waals surface area (Å²) < 4.78 is 0. The van der Waals surface area contributed by atoms with Gasteiger partial charge in [0.15, 0.2) is 0 Å². The second-order valence-corrected chi connectivity index (χ2v) is 8.44. The number of aromatic amines is 1. The summed E-state index contributed by atoms with van der Waals surface area (Å²) >= 11 is 7.85. The monoisotopic (exact) mass is 407 g/mol. The van der Waals surface area contributed by atoms with E-state index in [2.05, 4.69) is 50.6 Å². The molecule has 28 heavy (non-hydrogen) atoms. The first kappa shape index (κ1) is 17.6. The Morgan fingerprint density at radius 2 is 2.04 bits per heavy atom. The van der Waals surface area contributed by atoms with Crippen molar-refractivity contribution in [3.05, 3.63) is 97.2 Å². The molecule has 3 heterocycles. The first-order chi connectivity index (χ1) is 13.7. The lowest BCUT2D eigenvalue weighted by Crippen LogP contribution is -2.36. The fraction of sp³-hybridized carbons (Fsp3) is 0.182. The molecule has 1 atom stereocenters. The third kappa shape index (κ3) is 3.15. The van der Waals surface area contributed by atoms with Gasteiger partial charge >= 0.3 is 0 Å². The molecule has 0 fully saturated rings. The first-order valence-electron chi connectivity index (χ1n) is 9.23. The number of thiophene rings is 1. The number of halogens is 1. The van der Waals surface area contributed by atoms with Crippen LogP contribution in [0, 0.1) is 0 Å². The lowest BCUT2D eigenvalue weighted by Gasteiger charge is -2.36. The number of hydrogen-bond acceptors (Lipinski definition) is 4. The van der Waals surface area contributed by atoms with Gasteiger partial charge in [0.2, 0.25) is 0 Å². The molecule has 140 valence electrons.